The Morgan fingerprint density at radius 2 is 1.71 bits per heavy atom. The Hall–Kier alpha value is -2.97. The summed E-state index contributed by atoms with van der Waals surface area (Å²) in [5.74, 6) is 2.40. The Morgan fingerprint density at radius 3 is 2.50 bits per heavy atom. The molecular weight excluding hydrogens is 308 g/mol. The molecule has 4 rings (SSSR count). The van der Waals surface area contributed by atoms with Crippen LogP contribution in [-0.2, 0) is 7.05 Å². The van der Waals surface area contributed by atoms with Crippen molar-refractivity contribution in [3.05, 3.63) is 24.9 Å². The van der Waals surface area contributed by atoms with Crippen LogP contribution in [0.2, 0.25) is 0 Å². The van der Waals surface area contributed by atoms with Gasteiger partial charge in [-0.3, -0.25) is 4.68 Å². The van der Waals surface area contributed by atoms with Crippen LogP contribution >= 0.6 is 0 Å². The van der Waals surface area contributed by atoms with Gasteiger partial charge in [0.1, 0.15) is 24.3 Å². The number of methoxy groups -OCH3 is 1. The molecule has 1 aliphatic heterocycles. The molecule has 0 spiro atoms. The number of aryl methyl sites for hydroxylation is 1. The minimum Gasteiger partial charge on any atom is -0.481 e. The molecule has 0 bridgehead atoms. The Labute approximate surface area is 138 Å². The van der Waals surface area contributed by atoms with Gasteiger partial charge in [-0.2, -0.15) is 5.10 Å². The molecule has 0 N–H and O–H groups in total. The zero-order chi connectivity index (χ0) is 16.5. The van der Waals surface area contributed by atoms with Crippen molar-refractivity contribution in [2.45, 2.75) is 0 Å². The number of rotatable bonds is 3. The van der Waals surface area contributed by atoms with Gasteiger partial charge >= 0.3 is 0 Å². The fourth-order valence-electron chi connectivity index (χ4n) is 2.96. The molecule has 9 heteroatoms. The van der Waals surface area contributed by atoms with E-state index in [4.69, 9.17) is 4.74 Å². The number of hydrogen-bond donors (Lipinski definition) is 0. The van der Waals surface area contributed by atoms with Crippen LogP contribution in [0.5, 0.6) is 5.88 Å². The van der Waals surface area contributed by atoms with Crippen LogP contribution in [0.15, 0.2) is 24.9 Å². The van der Waals surface area contributed by atoms with E-state index in [1.54, 1.807) is 18.1 Å². The molecular formula is C15H18N8O. The molecule has 24 heavy (non-hydrogen) atoms. The van der Waals surface area contributed by atoms with Gasteiger partial charge in [0, 0.05) is 39.3 Å². The van der Waals surface area contributed by atoms with Crippen molar-refractivity contribution >= 4 is 22.7 Å². The van der Waals surface area contributed by atoms with Gasteiger partial charge in [-0.15, -0.1) is 0 Å². The van der Waals surface area contributed by atoms with Crippen molar-refractivity contribution in [3.8, 4) is 5.88 Å². The standard InChI is InChI=1S/C15H18N8O/c1-21-14-11(8-20-21)15(19-10-18-14)23-5-3-22(4-6-23)12-7-13(24-2)17-9-16-12/h7-10H,3-6H2,1-2H3. The zero-order valence-corrected chi connectivity index (χ0v) is 13.6. The average molecular weight is 326 g/mol. The normalized spacial score (nSPS) is 15.1. The van der Waals surface area contributed by atoms with E-state index in [0.29, 0.717) is 5.88 Å². The summed E-state index contributed by atoms with van der Waals surface area (Å²) in [7, 11) is 3.50. The summed E-state index contributed by atoms with van der Waals surface area (Å²) in [4.78, 5) is 21.6. The molecule has 0 saturated carbocycles. The summed E-state index contributed by atoms with van der Waals surface area (Å²) in [6.45, 7) is 3.42. The second-order valence-electron chi connectivity index (χ2n) is 5.60. The highest BCUT2D eigenvalue weighted by Crippen LogP contribution is 2.24. The Morgan fingerprint density at radius 1 is 0.958 bits per heavy atom. The number of piperazine rings is 1. The van der Waals surface area contributed by atoms with Gasteiger partial charge in [-0.1, -0.05) is 0 Å². The number of ether oxygens (including phenoxy) is 1. The van der Waals surface area contributed by atoms with E-state index in [1.165, 1.54) is 6.33 Å². The van der Waals surface area contributed by atoms with Gasteiger partial charge in [0.25, 0.3) is 0 Å². The molecule has 0 unspecified atom stereocenters. The van der Waals surface area contributed by atoms with E-state index in [1.807, 2.05) is 19.3 Å². The molecule has 4 heterocycles. The summed E-state index contributed by atoms with van der Waals surface area (Å²) in [5, 5.41) is 5.26. The van der Waals surface area contributed by atoms with Gasteiger partial charge in [0.2, 0.25) is 5.88 Å². The monoisotopic (exact) mass is 326 g/mol. The molecule has 3 aromatic heterocycles. The molecule has 3 aromatic rings. The lowest BCUT2D eigenvalue weighted by Crippen LogP contribution is -2.47. The number of fused-ring (bicyclic) bond motifs is 1. The lowest BCUT2D eigenvalue weighted by molar-refractivity contribution is 0.396. The molecule has 0 radical (unpaired) electrons. The van der Waals surface area contributed by atoms with Gasteiger partial charge in [-0.25, -0.2) is 19.9 Å². The second-order valence-corrected chi connectivity index (χ2v) is 5.60. The minimum absolute atomic E-state index is 0.579. The van der Waals surface area contributed by atoms with Crippen LogP contribution in [0, 0.1) is 0 Å². The van der Waals surface area contributed by atoms with Crippen LogP contribution in [0.1, 0.15) is 0 Å². The molecule has 0 aromatic carbocycles. The summed E-state index contributed by atoms with van der Waals surface area (Å²) >= 11 is 0. The van der Waals surface area contributed by atoms with E-state index >= 15 is 0 Å². The van der Waals surface area contributed by atoms with Gasteiger partial charge in [0.15, 0.2) is 5.65 Å². The third kappa shape index (κ3) is 2.47. The van der Waals surface area contributed by atoms with Crippen LogP contribution in [-0.4, -0.2) is 63.0 Å². The number of nitrogens with zero attached hydrogens (tertiary/aromatic N) is 8. The first-order valence-electron chi connectivity index (χ1n) is 7.75. The minimum atomic E-state index is 0.579. The average Bonchev–Trinajstić information content (AvgIpc) is 3.03. The number of hydrogen-bond acceptors (Lipinski definition) is 8. The van der Waals surface area contributed by atoms with Crippen LogP contribution in [0.25, 0.3) is 11.0 Å². The molecule has 124 valence electrons. The van der Waals surface area contributed by atoms with E-state index in [9.17, 15) is 0 Å². The van der Waals surface area contributed by atoms with E-state index in [2.05, 4.69) is 34.8 Å². The Balaban J connectivity index is 1.53. The van der Waals surface area contributed by atoms with Crippen molar-refractivity contribution in [3.63, 3.8) is 0 Å². The first-order chi connectivity index (χ1) is 11.8. The van der Waals surface area contributed by atoms with Crippen molar-refractivity contribution < 1.29 is 4.74 Å². The molecule has 0 amide bonds. The van der Waals surface area contributed by atoms with Crippen LogP contribution in [0.4, 0.5) is 11.6 Å². The maximum absolute atomic E-state index is 5.17. The summed E-state index contributed by atoms with van der Waals surface area (Å²) in [5.41, 5.74) is 0.850. The van der Waals surface area contributed by atoms with E-state index in [-0.39, 0.29) is 0 Å². The maximum atomic E-state index is 5.17. The van der Waals surface area contributed by atoms with Crippen LogP contribution < -0.4 is 14.5 Å². The predicted octanol–water partition coefficient (Wildman–Crippen LogP) is 0.488. The summed E-state index contributed by atoms with van der Waals surface area (Å²) in [6.07, 6.45) is 4.96. The second kappa shape index (κ2) is 5.91. The number of aromatic nitrogens is 6. The highest BCUT2D eigenvalue weighted by Gasteiger charge is 2.22. The molecule has 1 aliphatic rings. The van der Waals surface area contributed by atoms with E-state index < -0.39 is 0 Å². The highest BCUT2D eigenvalue weighted by molar-refractivity contribution is 5.86. The fraction of sp³-hybridized carbons (Fsp3) is 0.400. The predicted molar refractivity (Wildman–Crippen MR) is 89.3 cm³/mol. The van der Waals surface area contributed by atoms with Crippen molar-refractivity contribution in [1.29, 1.82) is 0 Å². The molecule has 0 aliphatic carbocycles. The van der Waals surface area contributed by atoms with Gasteiger partial charge in [-0.05, 0) is 0 Å². The van der Waals surface area contributed by atoms with Crippen LogP contribution in [0.3, 0.4) is 0 Å². The zero-order valence-electron chi connectivity index (χ0n) is 13.6. The fourth-order valence-corrected chi connectivity index (χ4v) is 2.96. The molecule has 0 atom stereocenters. The quantitative estimate of drug-likeness (QED) is 0.687. The lowest BCUT2D eigenvalue weighted by atomic mass is 10.2. The van der Waals surface area contributed by atoms with Crippen molar-refractivity contribution in [2.24, 2.45) is 7.05 Å². The Bertz CT molecular complexity index is 856. The molecule has 1 fully saturated rings. The highest BCUT2D eigenvalue weighted by atomic mass is 16.5. The third-order valence-electron chi connectivity index (χ3n) is 4.25. The van der Waals surface area contributed by atoms with Gasteiger partial charge in [0.05, 0.1) is 18.7 Å². The van der Waals surface area contributed by atoms with E-state index in [0.717, 1.165) is 48.8 Å². The first-order valence-corrected chi connectivity index (χ1v) is 7.75. The summed E-state index contributed by atoms with van der Waals surface area (Å²) in [6, 6.07) is 1.86. The SMILES string of the molecule is COc1cc(N2CCN(c3ncnc4c3cnn4C)CC2)ncn1. The molecule has 1 saturated heterocycles. The van der Waals surface area contributed by atoms with Crippen molar-refractivity contribution in [1.82, 2.24) is 29.7 Å². The summed E-state index contributed by atoms with van der Waals surface area (Å²) < 4.78 is 6.94. The third-order valence-corrected chi connectivity index (χ3v) is 4.25. The largest absolute Gasteiger partial charge is 0.481 e. The first kappa shape index (κ1) is 14.6. The topological polar surface area (TPSA) is 85.1 Å². The Kier molecular flexibility index (Phi) is 3.60. The lowest BCUT2D eigenvalue weighted by Gasteiger charge is -2.36. The smallest absolute Gasteiger partial charge is 0.218 e. The molecule has 9 nitrogen and oxygen atoms in total. The van der Waals surface area contributed by atoms with Crippen molar-refractivity contribution in [2.75, 3.05) is 43.1 Å². The number of anilines is 2. The maximum Gasteiger partial charge on any atom is 0.218 e. The van der Waals surface area contributed by atoms with Gasteiger partial charge < -0.3 is 14.5 Å².